The van der Waals surface area contributed by atoms with E-state index in [0.29, 0.717) is 38.0 Å². The van der Waals surface area contributed by atoms with Crippen molar-refractivity contribution in [3.8, 4) is 5.75 Å². The molecule has 0 aliphatic heterocycles. The van der Waals surface area contributed by atoms with Gasteiger partial charge in [-0.3, -0.25) is 9.36 Å². The normalized spacial score (nSPS) is 12.0. The van der Waals surface area contributed by atoms with Crippen molar-refractivity contribution in [3.63, 3.8) is 0 Å². The van der Waals surface area contributed by atoms with Crippen LogP contribution in [0.4, 0.5) is 0 Å². The number of methoxy groups -OCH3 is 1. The Morgan fingerprint density at radius 3 is 2.48 bits per heavy atom. The highest BCUT2D eigenvalue weighted by atomic mass is 35.5. The van der Waals surface area contributed by atoms with E-state index in [9.17, 15) is 9.59 Å². The van der Waals surface area contributed by atoms with Gasteiger partial charge in [-0.05, 0) is 38.1 Å². The fraction of sp³-hybridized carbons (Fsp3) is 0.200. The molecule has 0 amide bonds. The standard InChI is InChI=1S/C20H17Cl2NO4/c1-11-18(20(25)26-3)14-6-4-5-7-16(14)23(11)19(24)12(2)27-17-9-8-13(21)10-15(17)22/h4-10,12H,1-3H3/t12-/m1/s1. The van der Waals surface area contributed by atoms with Crippen LogP contribution in [0.5, 0.6) is 5.75 Å². The molecule has 27 heavy (non-hydrogen) atoms. The van der Waals surface area contributed by atoms with E-state index in [-0.39, 0.29) is 5.91 Å². The Balaban J connectivity index is 2.02. The van der Waals surface area contributed by atoms with E-state index in [1.54, 1.807) is 56.3 Å². The van der Waals surface area contributed by atoms with Crippen molar-refractivity contribution < 1.29 is 19.1 Å². The Bertz CT molecular complexity index is 1040. The Labute approximate surface area is 166 Å². The van der Waals surface area contributed by atoms with Crippen LogP contribution in [-0.4, -0.2) is 29.7 Å². The van der Waals surface area contributed by atoms with E-state index in [2.05, 4.69) is 0 Å². The Morgan fingerprint density at radius 2 is 1.81 bits per heavy atom. The highest BCUT2D eigenvalue weighted by Gasteiger charge is 2.27. The summed E-state index contributed by atoms with van der Waals surface area (Å²) in [7, 11) is 1.31. The fourth-order valence-electron chi connectivity index (χ4n) is 3.00. The predicted octanol–water partition coefficient (Wildman–Crippen LogP) is 5.15. The van der Waals surface area contributed by atoms with Crippen LogP contribution in [0.2, 0.25) is 10.0 Å². The van der Waals surface area contributed by atoms with Crippen molar-refractivity contribution in [1.82, 2.24) is 4.57 Å². The number of nitrogens with zero attached hydrogens (tertiary/aromatic N) is 1. The number of carbonyl (C=O) groups is 2. The molecule has 0 saturated heterocycles. The Hall–Kier alpha value is -2.50. The molecule has 0 spiro atoms. The molecule has 0 aliphatic rings. The third-order valence-corrected chi connectivity index (χ3v) is 4.80. The summed E-state index contributed by atoms with van der Waals surface area (Å²) in [5, 5.41) is 1.43. The molecule has 1 atom stereocenters. The quantitative estimate of drug-likeness (QED) is 0.563. The molecule has 0 radical (unpaired) electrons. The maximum atomic E-state index is 13.1. The lowest BCUT2D eigenvalue weighted by Gasteiger charge is -2.17. The second-order valence-corrected chi connectivity index (χ2v) is 6.82. The molecule has 0 saturated carbocycles. The first kappa shape index (κ1) is 19.3. The summed E-state index contributed by atoms with van der Waals surface area (Å²) in [5.41, 5.74) is 1.46. The molecule has 3 aromatic rings. The summed E-state index contributed by atoms with van der Waals surface area (Å²) in [6.45, 7) is 3.32. The van der Waals surface area contributed by atoms with Gasteiger partial charge in [0.15, 0.2) is 6.10 Å². The fourth-order valence-corrected chi connectivity index (χ4v) is 3.46. The molecule has 140 valence electrons. The van der Waals surface area contributed by atoms with Crippen LogP contribution in [0.15, 0.2) is 42.5 Å². The minimum absolute atomic E-state index is 0.312. The van der Waals surface area contributed by atoms with E-state index in [1.165, 1.54) is 11.7 Å². The first-order valence-electron chi connectivity index (χ1n) is 8.19. The average molecular weight is 406 g/mol. The van der Waals surface area contributed by atoms with Crippen molar-refractivity contribution in [2.75, 3.05) is 7.11 Å². The lowest BCUT2D eigenvalue weighted by molar-refractivity contribution is 0.0601. The van der Waals surface area contributed by atoms with E-state index >= 15 is 0 Å². The van der Waals surface area contributed by atoms with Crippen LogP contribution < -0.4 is 4.74 Å². The minimum atomic E-state index is -0.844. The molecular formula is C20H17Cl2NO4. The highest BCUT2D eigenvalue weighted by molar-refractivity contribution is 6.35. The zero-order chi connectivity index (χ0) is 19.7. The number of para-hydroxylation sites is 1. The zero-order valence-electron chi connectivity index (χ0n) is 15.0. The van der Waals surface area contributed by atoms with Crippen LogP contribution in [0.25, 0.3) is 10.9 Å². The van der Waals surface area contributed by atoms with E-state index in [4.69, 9.17) is 32.7 Å². The SMILES string of the molecule is COC(=O)c1c(C)n(C(=O)[C@@H](C)Oc2ccc(Cl)cc2Cl)c2ccccc12. The number of rotatable bonds is 4. The molecule has 3 rings (SSSR count). The number of carbonyl (C=O) groups excluding carboxylic acids is 2. The maximum absolute atomic E-state index is 13.1. The lowest BCUT2D eigenvalue weighted by atomic mass is 10.1. The molecular weight excluding hydrogens is 389 g/mol. The van der Waals surface area contributed by atoms with Gasteiger partial charge < -0.3 is 9.47 Å². The first-order valence-corrected chi connectivity index (χ1v) is 8.95. The summed E-state index contributed by atoms with van der Waals surface area (Å²) in [5.74, 6) is -0.473. The molecule has 2 aromatic carbocycles. The number of halogens is 2. The summed E-state index contributed by atoms with van der Waals surface area (Å²) < 4.78 is 12.1. The molecule has 0 aliphatic carbocycles. The highest BCUT2D eigenvalue weighted by Crippen LogP contribution is 2.30. The number of hydrogen-bond donors (Lipinski definition) is 0. The van der Waals surface area contributed by atoms with Gasteiger partial charge in [-0.2, -0.15) is 0 Å². The van der Waals surface area contributed by atoms with E-state index in [1.807, 2.05) is 0 Å². The summed E-state index contributed by atoms with van der Waals surface area (Å²) in [6, 6.07) is 11.9. The Morgan fingerprint density at radius 1 is 1.11 bits per heavy atom. The molecule has 1 heterocycles. The number of esters is 1. The number of hydrogen-bond acceptors (Lipinski definition) is 4. The lowest BCUT2D eigenvalue weighted by Crippen LogP contribution is -2.30. The number of benzene rings is 2. The van der Waals surface area contributed by atoms with Gasteiger partial charge in [0.2, 0.25) is 0 Å². The largest absolute Gasteiger partial charge is 0.479 e. The number of aromatic nitrogens is 1. The Kier molecular flexibility index (Phi) is 5.44. The van der Waals surface area contributed by atoms with Crippen molar-refractivity contribution in [2.45, 2.75) is 20.0 Å². The van der Waals surface area contributed by atoms with Gasteiger partial charge >= 0.3 is 5.97 Å². The molecule has 7 heteroatoms. The maximum Gasteiger partial charge on any atom is 0.340 e. The van der Waals surface area contributed by atoms with E-state index < -0.39 is 12.1 Å². The summed E-state index contributed by atoms with van der Waals surface area (Å²) >= 11 is 12.0. The third kappa shape index (κ3) is 3.53. The second kappa shape index (κ2) is 7.62. The predicted molar refractivity (Wildman–Crippen MR) is 105 cm³/mol. The van der Waals surface area contributed by atoms with Crippen LogP contribution in [0, 0.1) is 6.92 Å². The van der Waals surface area contributed by atoms with Crippen LogP contribution in [0.3, 0.4) is 0 Å². The van der Waals surface area contributed by atoms with Gasteiger partial charge in [-0.1, -0.05) is 41.4 Å². The van der Waals surface area contributed by atoms with Gasteiger partial charge in [-0.15, -0.1) is 0 Å². The molecule has 0 N–H and O–H groups in total. The van der Waals surface area contributed by atoms with Crippen LogP contribution >= 0.6 is 23.2 Å². The summed E-state index contributed by atoms with van der Waals surface area (Å²) in [4.78, 5) is 25.3. The molecule has 1 aromatic heterocycles. The first-order chi connectivity index (χ1) is 12.8. The minimum Gasteiger partial charge on any atom is -0.479 e. The topological polar surface area (TPSA) is 57.5 Å². The third-order valence-electron chi connectivity index (χ3n) is 4.27. The van der Waals surface area contributed by atoms with Crippen molar-refractivity contribution in [1.29, 1.82) is 0 Å². The second-order valence-electron chi connectivity index (χ2n) is 5.98. The van der Waals surface area contributed by atoms with Crippen molar-refractivity contribution in [3.05, 3.63) is 63.8 Å². The molecule has 0 bridgehead atoms. The molecule has 0 unspecified atom stereocenters. The molecule has 5 nitrogen and oxygen atoms in total. The van der Waals surface area contributed by atoms with Gasteiger partial charge in [0.1, 0.15) is 5.75 Å². The summed E-state index contributed by atoms with van der Waals surface area (Å²) in [6.07, 6.45) is -0.844. The van der Waals surface area contributed by atoms with Crippen LogP contribution in [0.1, 0.15) is 27.8 Å². The van der Waals surface area contributed by atoms with Gasteiger partial charge in [-0.25, -0.2) is 4.79 Å². The van der Waals surface area contributed by atoms with E-state index in [0.717, 1.165) is 0 Å². The van der Waals surface area contributed by atoms with Gasteiger partial charge in [0.05, 0.1) is 23.2 Å². The zero-order valence-corrected chi connectivity index (χ0v) is 16.5. The number of fused-ring (bicyclic) bond motifs is 1. The monoisotopic (exact) mass is 405 g/mol. The van der Waals surface area contributed by atoms with Gasteiger partial charge in [0.25, 0.3) is 5.91 Å². The smallest absolute Gasteiger partial charge is 0.340 e. The molecule has 0 fully saturated rings. The van der Waals surface area contributed by atoms with Crippen molar-refractivity contribution in [2.24, 2.45) is 0 Å². The van der Waals surface area contributed by atoms with Crippen molar-refractivity contribution >= 4 is 46.0 Å². The number of ether oxygens (including phenoxy) is 2. The average Bonchev–Trinajstić information content (AvgIpc) is 2.94. The van der Waals surface area contributed by atoms with Crippen LogP contribution in [-0.2, 0) is 4.74 Å². The van der Waals surface area contributed by atoms with Gasteiger partial charge in [0, 0.05) is 16.1 Å².